The predicted molar refractivity (Wildman–Crippen MR) is 67.2 cm³/mol. The molecule has 1 fully saturated rings. The molecule has 1 aromatic rings. The van der Waals surface area contributed by atoms with Gasteiger partial charge in [-0.1, -0.05) is 36.9 Å². The quantitative estimate of drug-likeness (QED) is 0.619. The van der Waals surface area contributed by atoms with Gasteiger partial charge in [0, 0.05) is 5.56 Å². The number of nitrogens with zero attached hydrogens (tertiary/aromatic N) is 2. The van der Waals surface area contributed by atoms with Gasteiger partial charge >= 0.3 is 0 Å². The highest BCUT2D eigenvalue weighted by Crippen LogP contribution is 2.15. The third-order valence-electron chi connectivity index (χ3n) is 2.61. The zero-order valence-corrected chi connectivity index (χ0v) is 9.47. The number of hydrazine groups is 1. The average molecular weight is 241 g/mol. The number of carbonyl (C=O) groups excluding carboxylic acids is 1. The minimum Gasteiger partial charge on any atom is -0.288 e. The van der Waals surface area contributed by atoms with Crippen molar-refractivity contribution < 1.29 is 4.79 Å². The summed E-state index contributed by atoms with van der Waals surface area (Å²) in [7, 11) is 0. The Kier molecular flexibility index (Phi) is 2.26. The summed E-state index contributed by atoms with van der Waals surface area (Å²) in [5, 5.41) is 8.30. The van der Waals surface area contributed by atoms with Crippen LogP contribution in [0.3, 0.4) is 0 Å². The lowest BCUT2D eigenvalue weighted by Gasteiger charge is -2.32. The predicted octanol–water partition coefficient (Wildman–Crippen LogP) is 0.309. The van der Waals surface area contributed by atoms with E-state index >= 15 is 0 Å². The molecule has 0 radical (unpaired) electrons. The molecule has 0 saturated carbocycles. The molecule has 1 amide bonds. The lowest BCUT2D eigenvalue weighted by Crippen LogP contribution is -2.57. The molecule has 2 aliphatic heterocycles. The van der Waals surface area contributed by atoms with Crippen molar-refractivity contribution in [1.82, 2.24) is 21.2 Å². The van der Waals surface area contributed by atoms with Crippen molar-refractivity contribution >= 4 is 17.6 Å². The Bertz CT molecular complexity index is 575. The van der Waals surface area contributed by atoms with Crippen LogP contribution >= 0.6 is 0 Å². The first-order valence-corrected chi connectivity index (χ1v) is 5.41. The standard InChI is InChI=1S/C12H11N5O/c1-8-11(18)13-12-15-14-10(7-17(12)16-8)9-5-3-2-4-6-9/h2-7,14,16H,1H2,(H,13,15,18). The van der Waals surface area contributed by atoms with Gasteiger partial charge in [-0.15, -0.1) is 5.10 Å². The van der Waals surface area contributed by atoms with E-state index in [4.69, 9.17) is 0 Å². The van der Waals surface area contributed by atoms with Crippen LogP contribution in [0.2, 0.25) is 0 Å². The molecule has 0 unspecified atom stereocenters. The fourth-order valence-corrected chi connectivity index (χ4v) is 1.69. The lowest BCUT2D eigenvalue weighted by atomic mass is 10.2. The van der Waals surface area contributed by atoms with E-state index < -0.39 is 0 Å². The highest BCUT2D eigenvalue weighted by molar-refractivity contribution is 6.07. The maximum Gasteiger partial charge on any atom is 0.275 e. The van der Waals surface area contributed by atoms with Gasteiger partial charge in [-0.25, -0.2) is 5.01 Å². The highest BCUT2D eigenvalue weighted by Gasteiger charge is 2.25. The van der Waals surface area contributed by atoms with E-state index in [1.807, 2.05) is 36.5 Å². The van der Waals surface area contributed by atoms with Crippen LogP contribution in [0, 0.1) is 0 Å². The molecule has 3 N–H and O–H groups in total. The summed E-state index contributed by atoms with van der Waals surface area (Å²) in [6, 6.07) is 9.78. The molecule has 0 aromatic heterocycles. The average Bonchev–Trinajstić information content (AvgIpc) is 2.41. The van der Waals surface area contributed by atoms with Crippen molar-refractivity contribution in [2.75, 3.05) is 0 Å². The van der Waals surface area contributed by atoms with Crippen molar-refractivity contribution in [2.45, 2.75) is 0 Å². The van der Waals surface area contributed by atoms with Gasteiger partial charge in [-0.2, -0.15) is 0 Å². The van der Waals surface area contributed by atoms with Gasteiger partial charge in [0.15, 0.2) is 0 Å². The van der Waals surface area contributed by atoms with Crippen LogP contribution in [-0.4, -0.2) is 16.9 Å². The Labute approximate surface area is 104 Å². The molecule has 6 heteroatoms. The second kappa shape index (κ2) is 3.92. The lowest BCUT2D eigenvalue weighted by molar-refractivity contribution is -0.117. The number of nitrogens with one attached hydrogen (secondary N) is 3. The third-order valence-corrected chi connectivity index (χ3v) is 2.61. The zero-order chi connectivity index (χ0) is 12.5. The van der Waals surface area contributed by atoms with Gasteiger partial charge in [0.1, 0.15) is 5.70 Å². The molecule has 3 rings (SSSR count). The van der Waals surface area contributed by atoms with Crippen LogP contribution < -0.4 is 16.2 Å². The summed E-state index contributed by atoms with van der Waals surface area (Å²) in [6.07, 6.45) is 1.81. The molecule has 6 nitrogen and oxygen atoms in total. The van der Waals surface area contributed by atoms with E-state index in [0.29, 0.717) is 5.96 Å². The van der Waals surface area contributed by atoms with Crippen LogP contribution in [0.4, 0.5) is 0 Å². The Balaban J connectivity index is 1.89. The summed E-state index contributed by atoms with van der Waals surface area (Å²) in [4.78, 5) is 11.4. The first-order chi connectivity index (χ1) is 8.74. The SMILES string of the molecule is C=C1NN2C=C(c3ccccc3)NN=C2NC1=O. The van der Waals surface area contributed by atoms with Gasteiger partial charge in [0.25, 0.3) is 5.91 Å². The van der Waals surface area contributed by atoms with E-state index in [1.54, 1.807) is 5.01 Å². The molecule has 90 valence electrons. The molecule has 0 bridgehead atoms. The Morgan fingerprint density at radius 3 is 2.78 bits per heavy atom. The van der Waals surface area contributed by atoms with E-state index in [0.717, 1.165) is 11.3 Å². The summed E-state index contributed by atoms with van der Waals surface area (Å²) < 4.78 is 0. The van der Waals surface area contributed by atoms with E-state index in [9.17, 15) is 4.79 Å². The topological polar surface area (TPSA) is 68.8 Å². The van der Waals surface area contributed by atoms with Crippen molar-refractivity contribution in [3.63, 3.8) is 0 Å². The number of hydrogen-bond acceptors (Lipinski definition) is 5. The van der Waals surface area contributed by atoms with Crippen molar-refractivity contribution in [3.8, 4) is 0 Å². The number of rotatable bonds is 1. The molecule has 2 heterocycles. The van der Waals surface area contributed by atoms with Crippen LogP contribution in [-0.2, 0) is 4.79 Å². The molecule has 0 atom stereocenters. The van der Waals surface area contributed by atoms with Crippen LogP contribution in [0.15, 0.2) is 53.9 Å². The fourth-order valence-electron chi connectivity index (χ4n) is 1.69. The number of carbonyl (C=O) groups is 1. The number of amides is 1. The molecular weight excluding hydrogens is 230 g/mol. The summed E-state index contributed by atoms with van der Waals surface area (Å²) in [5.41, 5.74) is 7.85. The van der Waals surface area contributed by atoms with Crippen LogP contribution in [0.1, 0.15) is 5.56 Å². The molecule has 1 aromatic carbocycles. The first kappa shape index (κ1) is 10.4. The highest BCUT2D eigenvalue weighted by atomic mass is 16.2. The second-order valence-corrected chi connectivity index (χ2v) is 3.87. The van der Waals surface area contributed by atoms with Crippen molar-refractivity contribution in [1.29, 1.82) is 0 Å². The maximum absolute atomic E-state index is 11.4. The molecule has 18 heavy (non-hydrogen) atoms. The Hall–Kier alpha value is -2.76. The minimum atomic E-state index is -0.289. The van der Waals surface area contributed by atoms with Gasteiger partial charge in [-0.3, -0.25) is 21.0 Å². The number of guanidine groups is 1. The van der Waals surface area contributed by atoms with Crippen molar-refractivity contribution in [3.05, 3.63) is 54.4 Å². The Morgan fingerprint density at radius 2 is 2.00 bits per heavy atom. The smallest absolute Gasteiger partial charge is 0.275 e. The van der Waals surface area contributed by atoms with E-state index in [-0.39, 0.29) is 11.6 Å². The van der Waals surface area contributed by atoms with E-state index in [1.165, 1.54) is 0 Å². The summed E-state index contributed by atoms with van der Waals surface area (Å²) in [5.74, 6) is 0.107. The molecule has 0 spiro atoms. The van der Waals surface area contributed by atoms with Crippen LogP contribution in [0.5, 0.6) is 0 Å². The molecular formula is C12H11N5O. The van der Waals surface area contributed by atoms with Crippen molar-refractivity contribution in [2.24, 2.45) is 5.10 Å². The van der Waals surface area contributed by atoms with E-state index in [2.05, 4.69) is 27.8 Å². The van der Waals surface area contributed by atoms with Gasteiger partial charge < -0.3 is 0 Å². The Morgan fingerprint density at radius 1 is 1.22 bits per heavy atom. The largest absolute Gasteiger partial charge is 0.288 e. The molecule has 2 aliphatic rings. The normalized spacial score (nSPS) is 17.9. The molecule has 1 saturated heterocycles. The monoisotopic (exact) mass is 241 g/mol. The minimum absolute atomic E-state index is 0.277. The summed E-state index contributed by atoms with van der Waals surface area (Å²) >= 11 is 0. The van der Waals surface area contributed by atoms with Gasteiger partial charge in [-0.05, 0) is 0 Å². The zero-order valence-electron chi connectivity index (χ0n) is 9.47. The van der Waals surface area contributed by atoms with Gasteiger partial charge in [0.05, 0.1) is 11.9 Å². The first-order valence-electron chi connectivity index (χ1n) is 5.41. The fraction of sp³-hybridized carbons (Fsp3) is 0. The number of hydrazone groups is 1. The number of hydrogen-bond donors (Lipinski definition) is 3. The third kappa shape index (κ3) is 1.69. The van der Waals surface area contributed by atoms with Gasteiger partial charge in [0.2, 0.25) is 5.96 Å². The van der Waals surface area contributed by atoms with Crippen LogP contribution in [0.25, 0.3) is 5.70 Å². The summed E-state index contributed by atoms with van der Waals surface area (Å²) in [6.45, 7) is 3.61. The second-order valence-electron chi connectivity index (χ2n) is 3.87. The number of fused-ring (bicyclic) bond motifs is 1. The maximum atomic E-state index is 11.4. The molecule has 0 aliphatic carbocycles. The number of benzene rings is 1.